The van der Waals surface area contributed by atoms with Crippen molar-refractivity contribution in [3.05, 3.63) is 76.0 Å². The standard InChI is InChI=1S/C19H13F4NO3S/c20-12-1-4-14(5-2-12)26-9-11-7-17(28-10-11)18(25)24-15-6-3-13(21)8-16(15)27-19(22)23/h1-8,10,19H,9H2,(H,24,25). The van der Waals surface area contributed by atoms with Gasteiger partial charge in [-0.2, -0.15) is 8.78 Å². The summed E-state index contributed by atoms with van der Waals surface area (Å²) < 4.78 is 60.7. The van der Waals surface area contributed by atoms with E-state index in [2.05, 4.69) is 10.1 Å². The highest BCUT2D eigenvalue weighted by Crippen LogP contribution is 2.28. The van der Waals surface area contributed by atoms with Gasteiger partial charge >= 0.3 is 6.61 Å². The third kappa shape index (κ3) is 5.23. The number of carbonyl (C=O) groups excluding carboxylic acids is 1. The summed E-state index contributed by atoms with van der Waals surface area (Å²) in [6, 6.07) is 9.98. The van der Waals surface area contributed by atoms with Crippen LogP contribution >= 0.6 is 11.3 Å². The van der Waals surface area contributed by atoms with Crippen molar-refractivity contribution in [2.24, 2.45) is 0 Å². The molecule has 0 atom stereocenters. The number of amides is 1. The average Bonchev–Trinajstić information content (AvgIpc) is 3.12. The SMILES string of the molecule is O=C(Nc1ccc(F)cc1OC(F)F)c1cc(COc2ccc(F)cc2)cs1. The van der Waals surface area contributed by atoms with E-state index in [0.29, 0.717) is 16.2 Å². The summed E-state index contributed by atoms with van der Waals surface area (Å²) in [7, 11) is 0. The fourth-order valence-electron chi connectivity index (χ4n) is 2.24. The predicted molar refractivity (Wildman–Crippen MR) is 96.0 cm³/mol. The Kier molecular flexibility index (Phi) is 6.15. The largest absolute Gasteiger partial charge is 0.489 e. The molecule has 0 radical (unpaired) electrons. The van der Waals surface area contributed by atoms with Crippen LogP contribution in [0.3, 0.4) is 0 Å². The van der Waals surface area contributed by atoms with Crippen LogP contribution in [0.25, 0.3) is 0 Å². The van der Waals surface area contributed by atoms with Gasteiger partial charge in [0.2, 0.25) is 0 Å². The number of alkyl halides is 2. The number of hydrogen-bond donors (Lipinski definition) is 1. The van der Waals surface area contributed by atoms with Crippen LogP contribution in [0.4, 0.5) is 23.2 Å². The Balaban J connectivity index is 1.65. The number of halogens is 4. The van der Waals surface area contributed by atoms with E-state index in [1.807, 2.05) is 0 Å². The molecule has 1 aromatic heterocycles. The van der Waals surface area contributed by atoms with Gasteiger partial charge in [0.25, 0.3) is 5.91 Å². The predicted octanol–water partition coefficient (Wildman–Crippen LogP) is 5.46. The minimum Gasteiger partial charge on any atom is -0.489 e. The van der Waals surface area contributed by atoms with Gasteiger partial charge in [0, 0.05) is 11.6 Å². The van der Waals surface area contributed by atoms with Gasteiger partial charge in [-0.15, -0.1) is 11.3 Å². The van der Waals surface area contributed by atoms with E-state index in [1.165, 1.54) is 24.3 Å². The minimum absolute atomic E-state index is 0.0794. The molecule has 3 aromatic rings. The Morgan fingerprint density at radius 3 is 2.46 bits per heavy atom. The lowest BCUT2D eigenvalue weighted by molar-refractivity contribution is -0.0495. The fourth-order valence-corrected chi connectivity index (χ4v) is 3.04. The van der Waals surface area contributed by atoms with E-state index in [-0.39, 0.29) is 18.1 Å². The quantitative estimate of drug-likeness (QED) is 0.526. The molecular weight excluding hydrogens is 398 g/mol. The lowest BCUT2D eigenvalue weighted by Gasteiger charge is -2.11. The molecule has 0 spiro atoms. The number of rotatable bonds is 7. The van der Waals surface area contributed by atoms with Gasteiger partial charge < -0.3 is 14.8 Å². The van der Waals surface area contributed by atoms with Crippen LogP contribution in [-0.2, 0) is 6.61 Å². The first kappa shape index (κ1) is 19.7. The maximum atomic E-state index is 13.2. The van der Waals surface area contributed by atoms with Crippen molar-refractivity contribution in [3.63, 3.8) is 0 Å². The maximum Gasteiger partial charge on any atom is 0.387 e. The summed E-state index contributed by atoms with van der Waals surface area (Å²) in [6.07, 6.45) is 0. The van der Waals surface area contributed by atoms with Crippen LogP contribution in [0.2, 0.25) is 0 Å². The van der Waals surface area contributed by atoms with Crippen LogP contribution in [0.15, 0.2) is 53.9 Å². The number of nitrogens with one attached hydrogen (secondary N) is 1. The molecule has 1 N–H and O–H groups in total. The lowest BCUT2D eigenvalue weighted by atomic mass is 10.2. The van der Waals surface area contributed by atoms with Crippen molar-refractivity contribution < 1.29 is 31.8 Å². The molecule has 0 fully saturated rings. The molecule has 28 heavy (non-hydrogen) atoms. The van der Waals surface area contributed by atoms with E-state index in [1.54, 1.807) is 11.4 Å². The average molecular weight is 411 g/mol. The molecule has 4 nitrogen and oxygen atoms in total. The molecule has 1 heterocycles. The lowest BCUT2D eigenvalue weighted by Crippen LogP contribution is -2.13. The Labute approximate surface area is 161 Å². The Bertz CT molecular complexity index is 960. The van der Waals surface area contributed by atoms with Crippen molar-refractivity contribution >= 4 is 22.9 Å². The van der Waals surface area contributed by atoms with Gasteiger partial charge in [0.15, 0.2) is 5.75 Å². The van der Waals surface area contributed by atoms with Crippen LogP contribution in [0, 0.1) is 11.6 Å². The monoisotopic (exact) mass is 411 g/mol. The van der Waals surface area contributed by atoms with Crippen LogP contribution in [0.5, 0.6) is 11.5 Å². The van der Waals surface area contributed by atoms with Crippen molar-refractivity contribution in [3.8, 4) is 11.5 Å². The molecule has 0 aliphatic carbocycles. The van der Waals surface area contributed by atoms with Crippen LogP contribution < -0.4 is 14.8 Å². The van der Waals surface area contributed by atoms with Crippen LogP contribution in [0.1, 0.15) is 15.2 Å². The Hall–Kier alpha value is -3.07. The van der Waals surface area contributed by atoms with Crippen molar-refractivity contribution in [1.82, 2.24) is 0 Å². The number of ether oxygens (including phenoxy) is 2. The van der Waals surface area contributed by atoms with Gasteiger partial charge in [-0.25, -0.2) is 8.78 Å². The van der Waals surface area contributed by atoms with Crippen LogP contribution in [-0.4, -0.2) is 12.5 Å². The van der Waals surface area contributed by atoms with Crippen molar-refractivity contribution in [2.75, 3.05) is 5.32 Å². The highest BCUT2D eigenvalue weighted by molar-refractivity contribution is 7.12. The number of carbonyl (C=O) groups is 1. The van der Waals surface area contributed by atoms with Gasteiger partial charge in [0.1, 0.15) is 24.0 Å². The summed E-state index contributed by atoms with van der Waals surface area (Å²) in [5.74, 6) is -1.72. The smallest absolute Gasteiger partial charge is 0.387 e. The zero-order chi connectivity index (χ0) is 20.1. The molecule has 0 saturated heterocycles. The topological polar surface area (TPSA) is 47.6 Å². The van der Waals surface area contributed by atoms with E-state index in [4.69, 9.17) is 4.74 Å². The summed E-state index contributed by atoms with van der Waals surface area (Å²) in [5.41, 5.74) is 0.617. The van der Waals surface area contributed by atoms with E-state index < -0.39 is 24.1 Å². The maximum absolute atomic E-state index is 13.2. The molecule has 0 saturated carbocycles. The summed E-state index contributed by atoms with van der Waals surface area (Å²) in [5, 5.41) is 4.11. The Morgan fingerprint density at radius 2 is 1.75 bits per heavy atom. The highest BCUT2D eigenvalue weighted by Gasteiger charge is 2.16. The molecule has 0 bridgehead atoms. The zero-order valence-electron chi connectivity index (χ0n) is 14.1. The zero-order valence-corrected chi connectivity index (χ0v) is 14.9. The molecule has 3 rings (SSSR count). The molecule has 0 unspecified atom stereocenters. The first-order chi connectivity index (χ1) is 13.4. The second-order valence-corrected chi connectivity index (χ2v) is 6.45. The number of thiophene rings is 1. The summed E-state index contributed by atoms with van der Waals surface area (Å²) in [6.45, 7) is -3.00. The molecule has 9 heteroatoms. The Morgan fingerprint density at radius 1 is 1.04 bits per heavy atom. The second kappa shape index (κ2) is 8.75. The molecular formula is C19H13F4NO3S. The fraction of sp³-hybridized carbons (Fsp3) is 0.105. The normalized spacial score (nSPS) is 10.8. The molecule has 0 aliphatic heterocycles. The van der Waals surface area contributed by atoms with E-state index >= 15 is 0 Å². The van der Waals surface area contributed by atoms with E-state index in [9.17, 15) is 22.4 Å². The molecule has 146 valence electrons. The third-order valence-corrected chi connectivity index (χ3v) is 4.48. The number of anilines is 1. The van der Waals surface area contributed by atoms with Gasteiger partial charge in [-0.1, -0.05) is 0 Å². The second-order valence-electron chi connectivity index (χ2n) is 5.53. The highest BCUT2D eigenvalue weighted by atomic mass is 32.1. The first-order valence-corrected chi connectivity index (χ1v) is 8.80. The number of hydrogen-bond acceptors (Lipinski definition) is 4. The first-order valence-electron chi connectivity index (χ1n) is 7.92. The summed E-state index contributed by atoms with van der Waals surface area (Å²) >= 11 is 1.12. The number of benzene rings is 2. The van der Waals surface area contributed by atoms with E-state index in [0.717, 1.165) is 29.5 Å². The van der Waals surface area contributed by atoms with Gasteiger partial charge in [-0.05, 0) is 47.8 Å². The minimum atomic E-state index is -3.16. The van der Waals surface area contributed by atoms with Gasteiger partial charge in [0.05, 0.1) is 10.6 Å². The summed E-state index contributed by atoms with van der Waals surface area (Å²) in [4.78, 5) is 12.6. The third-order valence-electron chi connectivity index (χ3n) is 3.50. The van der Waals surface area contributed by atoms with Gasteiger partial charge in [-0.3, -0.25) is 4.79 Å². The van der Waals surface area contributed by atoms with Crippen molar-refractivity contribution in [1.29, 1.82) is 0 Å². The molecule has 0 aliphatic rings. The molecule has 2 aromatic carbocycles. The molecule has 1 amide bonds. The van der Waals surface area contributed by atoms with Crippen molar-refractivity contribution in [2.45, 2.75) is 13.2 Å².